The Bertz CT molecular complexity index is 391. The number of ether oxygens (including phenoxy) is 1. The summed E-state index contributed by atoms with van der Waals surface area (Å²) in [4.78, 5) is 22.5. The van der Waals surface area contributed by atoms with Crippen molar-refractivity contribution in [1.82, 2.24) is 5.32 Å². The molecule has 1 rings (SSSR count). The highest BCUT2D eigenvalue weighted by Gasteiger charge is 2.19. The van der Waals surface area contributed by atoms with Crippen molar-refractivity contribution in [3.63, 3.8) is 0 Å². The van der Waals surface area contributed by atoms with Gasteiger partial charge in [0, 0.05) is 20.0 Å². The first-order chi connectivity index (χ1) is 8.63. The first-order valence-corrected chi connectivity index (χ1v) is 5.68. The Labute approximate surface area is 106 Å². The highest BCUT2D eigenvalue weighted by molar-refractivity contribution is 5.83. The van der Waals surface area contributed by atoms with Gasteiger partial charge in [-0.25, -0.2) is 4.79 Å². The quantitative estimate of drug-likeness (QED) is 0.752. The van der Waals surface area contributed by atoms with Crippen molar-refractivity contribution >= 4 is 11.9 Å². The van der Waals surface area contributed by atoms with Crippen LogP contribution >= 0.6 is 0 Å². The summed E-state index contributed by atoms with van der Waals surface area (Å²) in [6.07, 6.45) is 0.434. The highest BCUT2D eigenvalue weighted by Crippen LogP contribution is 2.03. The van der Waals surface area contributed by atoms with Crippen LogP contribution in [0.2, 0.25) is 0 Å². The van der Waals surface area contributed by atoms with E-state index in [0.717, 1.165) is 5.56 Å². The van der Waals surface area contributed by atoms with Gasteiger partial charge in [-0.1, -0.05) is 30.3 Å². The molecule has 1 aromatic carbocycles. The SMILES string of the molecule is COCCC(=O)NC(Cc1ccccc1)C(=O)O. The average molecular weight is 251 g/mol. The van der Waals surface area contributed by atoms with Crippen LogP contribution < -0.4 is 5.32 Å². The second-order valence-electron chi connectivity index (χ2n) is 3.89. The van der Waals surface area contributed by atoms with Crippen LogP contribution in [0.4, 0.5) is 0 Å². The molecule has 0 aliphatic rings. The van der Waals surface area contributed by atoms with Crippen LogP contribution in [0.15, 0.2) is 30.3 Å². The lowest BCUT2D eigenvalue weighted by atomic mass is 10.1. The average Bonchev–Trinajstić information content (AvgIpc) is 2.36. The lowest BCUT2D eigenvalue weighted by Crippen LogP contribution is -2.42. The van der Waals surface area contributed by atoms with Crippen molar-refractivity contribution in [3.8, 4) is 0 Å². The molecule has 1 atom stereocenters. The number of carbonyl (C=O) groups excluding carboxylic acids is 1. The Balaban J connectivity index is 2.55. The van der Waals surface area contributed by atoms with Crippen molar-refractivity contribution < 1.29 is 19.4 Å². The van der Waals surface area contributed by atoms with E-state index in [-0.39, 0.29) is 25.4 Å². The number of amides is 1. The number of carboxylic acids is 1. The van der Waals surface area contributed by atoms with Crippen LogP contribution in [0.3, 0.4) is 0 Å². The summed E-state index contributed by atoms with van der Waals surface area (Å²) in [6.45, 7) is 0.281. The minimum Gasteiger partial charge on any atom is -0.480 e. The molecule has 1 unspecified atom stereocenters. The summed E-state index contributed by atoms with van der Waals surface area (Å²) in [6, 6.07) is 8.28. The molecule has 0 saturated heterocycles. The van der Waals surface area contributed by atoms with Crippen molar-refractivity contribution in [3.05, 3.63) is 35.9 Å². The molecule has 98 valence electrons. The van der Waals surface area contributed by atoms with E-state index in [2.05, 4.69) is 5.32 Å². The molecule has 5 nitrogen and oxygen atoms in total. The summed E-state index contributed by atoms with van der Waals surface area (Å²) in [5, 5.41) is 11.5. The number of aliphatic carboxylic acids is 1. The highest BCUT2D eigenvalue weighted by atomic mass is 16.5. The van der Waals surface area contributed by atoms with E-state index in [9.17, 15) is 9.59 Å². The third kappa shape index (κ3) is 4.97. The first-order valence-electron chi connectivity index (χ1n) is 5.68. The Morgan fingerprint density at radius 1 is 1.33 bits per heavy atom. The van der Waals surface area contributed by atoms with Gasteiger partial charge in [-0.3, -0.25) is 4.79 Å². The van der Waals surface area contributed by atoms with E-state index in [1.165, 1.54) is 7.11 Å². The predicted molar refractivity (Wildman–Crippen MR) is 66.2 cm³/mol. The fourth-order valence-corrected chi connectivity index (χ4v) is 1.51. The van der Waals surface area contributed by atoms with E-state index in [1.807, 2.05) is 30.3 Å². The van der Waals surface area contributed by atoms with E-state index < -0.39 is 12.0 Å². The topological polar surface area (TPSA) is 75.6 Å². The van der Waals surface area contributed by atoms with Crippen LogP contribution in [0.25, 0.3) is 0 Å². The fourth-order valence-electron chi connectivity index (χ4n) is 1.51. The molecule has 0 radical (unpaired) electrons. The largest absolute Gasteiger partial charge is 0.480 e. The van der Waals surface area contributed by atoms with Crippen molar-refractivity contribution in [2.75, 3.05) is 13.7 Å². The third-order valence-corrected chi connectivity index (χ3v) is 2.45. The van der Waals surface area contributed by atoms with Crippen LogP contribution in [0.1, 0.15) is 12.0 Å². The predicted octanol–water partition coefficient (Wildman–Crippen LogP) is 0.835. The van der Waals surface area contributed by atoms with Gasteiger partial charge in [-0.15, -0.1) is 0 Å². The Kier molecular flexibility index (Phi) is 5.87. The number of nitrogens with one attached hydrogen (secondary N) is 1. The molecule has 0 aliphatic carbocycles. The van der Waals surface area contributed by atoms with E-state index in [0.29, 0.717) is 0 Å². The summed E-state index contributed by atoms with van der Waals surface area (Å²) in [7, 11) is 1.49. The normalized spacial score (nSPS) is 11.8. The van der Waals surface area contributed by atoms with E-state index >= 15 is 0 Å². The van der Waals surface area contributed by atoms with Crippen molar-refractivity contribution in [2.24, 2.45) is 0 Å². The number of hydrogen-bond donors (Lipinski definition) is 2. The summed E-state index contributed by atoms with van der Waals surface area (Å²) >= 11 is 0. The molecule has 18 heavy (non-hydrogen) atoms. The van der Waals surface area contributed by atoms with Gasteiger partial charge in [0.15, 0.2) is 0 Å². The molecule has 2 N–H and O–H groups in total. The zero-order valence-electron chi connectivity index (χ0n) is 10.3. The maximum atomic E-state index is 11.5. The lowest BCUT2D eigenvalue weighted by molar-refractivity contribution is -0.141. The number of methoxy groups -OCH3 is 1. The minimum atomic E-state index is -1.04. The smallest absolute Gasteiger partial charge is 0.326 e. The molecule has 0 aliphatic heterocycles. The molecule has 0 fully saturated rings. The maximum absolute atomic E-state index is 11.5. The molecule has 0 aromatic heterocycles. The van der Waals surface area contributed by atoms with Gasteiger partial charge in [0.2, 0.25) is 5.91 Å². The number of carboxylic acid groups (broad SMARTS) is 1. The van der Waals surface area contributed by atoms with Crippen molar-refractivity contribution in [1.29, 1.82) is 0 Å². The van der Waals surface area contributed by atoms with Crippen LogP contribution in [-0.4, -0.2) is 36.7 Å². The van der Waals surface area contributed by atoms with E-state index in [4.69, 9.17) is 9.84 Å². The summed E-state index contributed by atoms with van der Waals surface area (Å²) in [5.41, 5.74) is 0.872. The molecule has 1 aromatic rings. The Morgan fingerprint density at radius 3 is 2.56 bits per heavy atom. The number of hydrogen-bond acceptors (Lipinski definition) is 3. The first kappa shape index (κ1) is 14.2. The molecule has 0 saturated carbocycles. The van der Waals surface area contributed by atoms with Gasteiger partial charge in [0.1, 0.15) is 6.04 Å². The molecular weight excluding hydrogens is 234 g/mol. The standard InChI is InChI=1S/C13H17NO4/c1-18-8-7-12(15)14-11(13(16)17)9-10-5-3-2-4-6-10/h2-6,11H,7-9H2,1H3,(H,14,15)(H,16,17). The molecule has 0 spiro atoms. The maximum Gasteiger partial charge on any atom is 0.326 e. The van der Waals surface area contributed by atoms with Crippen LogP contribution in [0, 0.1) is 0 Å². The monoisotopic (exact) mass is 251 g/mol. The molecule has 0 heterocycles. The zero-order chi connectivity index (χ0) is 13.4. The summed E-state index contributed by atoms with van der Waals surface area (Å²) in [5.74, 6) is -1.36. The molecular formula is C13H17NO4. The second-order valence-corrected chi connectivity index (χ2v) is 3.89. The van der Waals surface area contributed by atoms with Crippen molar-refractivity contribution in [2.45, 2.75) is 18.9 Å². The number of carbonyl (C=O) groups is 2. The van der Waals surface area contributed by atoms with E-state index in [1.54, 1.807) is 0 Å². The number of rotatable bonds is 7. The Morgan fingerprint density at radius 2 is 2.00 bits per heavy atom. The third-order valence-electron chi connectivity index (χ3n) is 2.45. The second kappa shape index (κ2) is 7.45. The molecule has 5 heteroatoms. The lowest BCUT2D eigenvalue weighted by Gasteiger charge is -2.14. The Hall–Kier alpha value is -1.88. The van der Waals surface area contributed by atoms with Crippen LogP contribution in [-0.2, 0) is 20.7 Å². The number of benzene rings is 1. The van der Waals surface area contributed by atoms with Gasteiger partial charge in [-0.05, 0) is 5.56 Å². The van der Waals surface area contributed by atoms with Crippen LogP contribution in [0.5, 0.6) is 0 Å². The molecule has 1 amide bonds. The van der Waals surface area contributed by atoms with Gasteiger partial charge < -0.3 is 15.2 Å². The molecule has 0 bridgehead atoms. The van der Waals surface area contributed by atoms with Gasteiger partial charge in [0.05, 0.1) is 6.61 Å². The fraction of sp³-hybridized carbons (Fsp3) is 0.385. The zero-order valence-corrected chi connectivity index (χ0v) is 10.3. The van der Waals surface area contributed by atoms with Gasteiger partial charge in [-0.2, -0.15) is 0 Å². The van der Waals surface area contributed by atoms with Gasteiger partial charge in [0.25, 0.3) is 0 Å². The minimum absolute atomic E-state index is 0.162. The van der Waals surface area contributed by atoms with Gasteiger partial charge >= 0.3 is 5.97 Å². The summed E-state index contributed by atoms with van der Waals surface area (Å²) < 4.78 is 4.76.